The Morgan fingerprint density at radius 3 is 2.17 bits per heavy atom. The molecule has 128 valence electrons. The zero-order valence-electron chi connectivity index (χ0n) is 14.7. The summed E-state index contributed by atoms with van der Waals surface area (Å²) in [7, 11) is 1.60. The number of rotatable bonds is 7. The Labute approximate surface area is 138 Å². The summed E-state index contributed by atoms with van der Waals surface area (Å²) in [6, 6.07) is 7.85. The van der Waals surface area contributed by atoms with Crippen LogP contribution in [0.1, 0.15) is 44.9 Å². The Bertz CT molecular complexity index is 526. The molecule has 0 aliphatic rings. The summed E-state index contributed by atoms with van der Waals surface area (Å²) in [5.74, 6) is -0.877. The monoisotopic (exact) mass is 320 g/mol. The molecular weight excluding hydrogens is 292 g/mol. The maximum absolute atomic E-state index is 12.1. The molecule has 23 heavy (non-hydrogen) atoms. The van der Waals surface area contributed by atoms with Crippen LogP contribution in [-0.4, -0.2) is 35.6 Å². The van der Waals surface area contributed by atoms with Crippen LogP contribution in [0, 0.1) is 11.8 Å². The molecule has 0 bridgehead atoms. The first kappa shape index (κ1) is 19.0. The lowest BCUT2D eigenvalue weighted by Crippen LogP contribution is -2.41. The first-order valence-electron chi connectivity index (χ1n) is 8.04. The maximum atomic E-state index is 12.1. The number of carboxylic acid groups (broad SMARTS) is 1. The van der Waals surface area contributed by atoms with Crippen LogP contribution in [0.25, 0.3) is 0 Å². The highest BCUT2D eigenvalue weighted by molar-refractivity contribution is 5.76. The fraction of sp³-hybridized carbons (Fsp3) is 0.556. The van der Waals surface area contributed by atoms with Crippen molar-refractivity contribution >= 4 is 12.0 Å². The van der Waals surface area contributed by atoms with Gasteiger partial charge in [0.2, 0.25) is 0 Å². The summed E-state index contributed by atoms with van der Waals surface area (Å²) in [5, 5.41) is 11.8. The Morgan fingerprint density at radius 2 is 1.70 bits per heavy atom. The van der Waals surface area contributed by atoms with Crippen molar-refractivity contribution in [3.8, 4) is 0 Å². The molecule has 1 aromatic carbocycles. The summed E-state index contributed by atoms with van der Waals surface area (Å²) < 4.78 is 0. The van der Waals surface area contributed by atoms with E-state index in [1.165, 1.54) is 10.5 Å². The minimum atomic E-state index is -0.904. The van der Waals surface area contributed by atoms with E-state index in [4.69, 9.17) is 5.11 Å². The van der Waals surface area contributed by atoms with Gasteiger partial charge >= 0.3 is 12.0 Å². The van der Waals surface area contributed by atoms with Crippen molar-refractivity contribution in [3.63, 3.8) is 0 Å². The molecule has 1 aromatic rings. The van der Waals surface area contributed by atoms with Crippen LogP contribution in [0.15, 0.2) is 24.3 Å². The molecule has 2 N–H and O–H groups in total. The van der Waals surface area contributed by atoms with Gasteiger partial charge in [-0.1, -0.05) is 45.0 Å². The number of urea groups is 1. The average Bonchev–Trinajstić information content (AvgIpc) is 2.46. The fourth-order valence-electron chi connectivity index (χ4n) is 2.36. The van der Waals surface area contributed by atoms with Crippen molar-refractivity contribution in [2.75, 3.05) is 13.6 Å². The predicted molar refractivity (Wildman–Crippen MR) is 91.4 cm³/mol. The van der Waals surface area contributed by atoms with Crippen LogP contribution in [0.2, 0.25) is 0 Å². The van der Waals surface area contributed by atoms with Gasteiger partial charge in [-0.05, 0) is 30.4 Å². The number of aliphatic carboxylic acids is 1. The number of hydrogen-bond acceptors (Lipinski definition) is 2. The molecular formula is C18H28N2O3. The minimum absolute atomic E-state index is 0.127. The molecule has 5 heteroatoms. The second kappa shape index (κ2) is 8.56. The van der Waals surface area contributed by atoms with E-state index in [0.29, 0.717) is 5.92 Å². The smallest absolute Gasteiger partial charge is 0.317 e. The molecule has 2 unspecified atom stereocenters. The molecule has 0 spiro atoms. The second-order valence-electron chi connectivity index (χ2n) is 6.63. The quantitative estimate of drug-likeness (QED) is 0.810. The molecule has 0 fully saturated rings. The van der Waals surface area contributed by atoms with Gasteiger partial charge in [-0.2, -0.15) is 0 Å². The maximum Gasteiger partial charge on any atom is 0.317 e. The van der Waals surface area contributed by atoms with Crippen molar-refractivity contribution in [3.05, 3.63) is 35.4 Å². The highest BCUT2D eigenvalue weighted by Gasteiger charge is 2.18. The Balaban J connectivity index is 2.59. The number of carbonyl (C=O) groups is 2. The van der Waals surface area contributed by atoms with Crippen LogP contribution in [-0.2, 0) is 11.2 Å². The van der Waals surface area contributed by atoms with Gasteiger partial charge in [0.15, 0.2) is 0 Å². The standard InChI is InChI=1S/C18H28N2O3/c1-12(2)10-15-6-8-16(9-7-15)14(4)19-18(23)20(5)11-13(3)17(21)22/h6-9,12-14H,10-11H2,1-5H3,(H,19,23)(H,21,22). The molecule has 0 aliphatic carbocycles. The largest absolute Gasteiger partial charge is 0.481 e. The SMILES string of the molecule is CC(C)Cc1ccc(C(C)NC(=O)N(C)CC(C)C(=O)O)cc1. The predicted octanol–water partition coefficient (Wildman–Crippen LogP) is 3.31. The van der Waals surface area contributed by atoms with Gasteiger partial charge in [-0.25, -0.2) is 4.79 Å². The van der Waals surface area contributed by atoms with Crippen LogP contribution in [0.4, 0.5) is 4.79 Å². The lowest BCUT2D eigenvalue weighted by Gasteiger charge is -2.23. The number of carboxylic acids is 1. The Kier molecular flexibility index (Phi) is 7.07. The fourth-order valence-corrected chi connectivity index (χ4v) is 2.36. The van der Waals surface area contributed by atoms with Crippen molar-refractivity contribution in [1.29, 1.82) is 0 Å². The molecule has 2 atom stereocenters. The normalized spacial score (nSPS) is 13.5. The van der Waals surface area contributed by atoms with Gasteiger partial charge in [0.1, 0.15) is 0 Å². The summed E-state index contributed by atoms with van der Waals surface area (Å²) in [5.41, 5.74) is 2.32. The van der Waals surface area contributed by atoms with Gasteiger partial charge < -0.3 is 15.3 Å². The van der Waals surface area contributed by atoms with E-state index >= 15 is 0 Å². The van der Waals surface area contributed by atoms with Crippen LogP contribution in [0.3, 0.4) is 0 Å². The molecule has 0 saturated heterocycles. The number of hydrogen-bond donors (Lipinski definition) is 2. The van der Waals surface area contributed by atoms with Crippen LogP contribution >= 0.6 is 0 Å². The van der Waals surface area contributed by atoms with Crippen molar-refractivity contribution in [2.24, 2.45) is 11.8 Å². The zero-order chi connectivity index (χ0) is 17.6. The van der Waals surface area contributed by atoms with Gasteiger partial charge in [0.25, 0.3) is 0 Å². The van der Waals surface area contributed by atoms with Gasteiger partial charge in [0, 0.05) is 13.6 Å². The third-order valence-electron chi connectivity index (χ3n) is 3.78. The van der Waals surface area contributed by atoms with E-state index in [2.05, 4.69) is 31.3 Å². The molecule has 1 rings (SSSR count). The van der Waals surface area contributed by atoms with E-state index < -0.39 is 11.9 Å². The summed E-state index contributed by atoms with van der Waals surface area (Å²) in [6.45, 7) is 8.06. The zero-order valence-corrected chi connectivity index (χ0v) is 14.7. The molecule has 0 heterocycles. The summed E-state index contributed by atoms with van der Waals surface area (Å²) in [6.07, 6.45) is 1.04. The molecule has 5 nitrogen and oxygen atoms in total. The lowest BCUT2D eigenvalue weighted by atomic mass is 10.00. The van der Waals surface area contributed by atoms with Crippen LogP contribution < -0.4 is 5.32 Å². The third-order valence-corrected chi connectivity index (χ3v) is 3.78. The Morgan fingerprint density at radius 1 is 1.13 bits per heavy atom. The van der Waals surface area contributed by atoms with Crippen molar-refractivity contribution in [1.82, 2.24) is 10.2 Å². The second-order valence-corrected chi connectivity index (χ2v) is 6.63. The summed E-state index contributed by atoms with van der Waals surface area (Å²) in [4.78, 5) is 24.4. The van der Waals surface area contributed by atoms with Crippen LogP contribution in [0.5, 0.6) is 0 Å². The number of nitrogens with zero attached hydrogens (tertiary/aromatic N) is 1. The van der Waals surface area contributed by atoms with E-state index in [1.807, 2.05) is 19.1 Å². The number of benzene rings is 1. The van der Waals surface area contributed by atoms with Gasteiger partial charge in [-0.3, -0.25) is 4.79 Å². The molecule has 0 radical (unpaired) electrons. The number of carbonyl (C=O) groups excluding carboxylic acids is 1. The molecule has 0 aliphatic heterocycles. The van der Waals surface area contributed by atoms with Crippen molar-refractivity contribution < 1.29 is 14.7 Å². The first-order valence-corrected chi connectivity index (χ1v) is 8.04. The van der Waals surface area contributed by atoms with E-state index in [-0.39, 0.29) is 18.6 Å². The Hall–Kier alpha value is -2.04. The molecule has 2 amide bonds. The average molecular weight is 320 g/mol. The van der Waals surface area contributed by atoms with E-state index in [0.717, 1.165) is 12.0 Å². The minimum Gasteiger partial charge on any atom is -0.481 e. The summed E-state index contributed by atoms with van der Waals surface area (Å²) >= 11 is 0. The van der Waals surface area contributed by atoms with E-state index in [9.17, 15) is 9.59 Å². The molecule has 0 aromatic heterocycles. The topological polar surface area (TPSA) is 69.6 Å². The van der Waals surface area contributed by atoms with Crippen molar-refractivity contribution in [2.45, 2.75) is 40.2 Å². The first-order chi connectivity index (χ1) is 10.7. The van der Waals surface area contributed by atoms with E-state index in [1.54, 1.807) is 14.0 Å². The highest BCUT2D eigenvalue weighted by Crippen LogP contribution is 2.16. The van der Waals surface area contributed by atoms with Gasteiger partial charge in [0.05, 0.1) is 12.0 Å². The highest BCUT2D eigenvalue weighted by atomic mass is 16.4. The lowest BCUT2D eigenvalue weighted by molar-refractivity contribution is -0.141. The number of nitrogens with one attached hydrogen (secondary N) is 1. The van der Waals surface area contributed by atoms with Gasteiger partial charge in [-0.15, -0.1) is 0 Å². The third kappa shape index (κ3) is 6.30. The number of amides is 2. The molecule has 0 saturated carbocycles.